The molecular formula is C22H18ClN3O2S. The van der Waals surface area contributed by atoms with Crippen LogP contribution in [0.25, 0.3) is 10.2 Å². The summed E-state index contributed by atoms with van der Waals surface area (Å²) < 4.78 is 12.6. The zero-order valence-corrected chi connectivity index (χ0v) is 17.2. The number of hydrogen-bond donors (Lipinski definition) is 1. The number of methoxy groups -OCH3 is 1. The lowest BCUT2D eigenvalue weighted by Gasteiger charge is -2.13. The summed E-state index contributed by atoms with van der Waals surface area (Å²) in [4.78, 5) is 4.51. The molecule has 7 heteroatoms. The zero-order chi connectivity index (χ0) is 20.1. The average Bonchev–Trinajstić information content (AvgIpc) is 3.16. The van der Waals surface area contributed by atoms with Gasteiger partial charge in [0.25, 0.3) is 0 Å². The van der Waals surface area contributed by atoms with Crippen LogP contribution in [-0.2, 0) is 6.61 Å². The molecule has 4 rings (SSSR count). The molecule has 1 aromatic heterocycles. The Morgan fingerprint density at radius 2 is 1.90 bits per heavy atom. The van der Waals surface area contributed by atoms with Crippen molar-refractivity contribution in [2.24, 2.45) is 5.10 Å². The number of benzene rings is 3. The molecular weight excluding hydrogens is 406 g/mol. The first-order chi connectivity index (χ1) is 14.2. The first kappa shape index (κ1) is 19.2. The summed E-state index contributed by atoms with van der Waals surface area (Å²) in [6.07, 6.45) is 1.70. The molecule has 0 fully saturated rings. The maximum Gasteiger partial charge on any atom is 0.204 e. The second kappa shape index (κ2) is 8.94. The number of nitrogens with zero attached hydrogens (tertiary/aromatic N) is 2. The normalized spacial score (nSPS) is 11.1. The lowest BCUT2D eigenvalue weighted by Crippen LogP contribution is -2.01. The Hall–Kier alpha value is -3.09. The molecule has 0 bridgehead atoms. The molecule has 5 nitrogen and oxygen atoms in total. The molecule has 0 aliphatic heterocycles. The number of aromatic nitrogens is 1. The van der Waals surface area contributed by atoms with Gasteiger partial charge >= 0.3 is 0 Å². The Labute approximate surface area is 177 Å². The Kier molecular flexibility index (Phi) is 5.93. The summed E-state index contributed by atoms with van der Waals surface area (Å²) >= 11 is 7.50. The van der Waals surface area contributed by atoms with Crippen molar-refractivity contribution in [3.63, 3.8) is 0 Å². The van der Waals surface area contributed by atoms with Crippen molar-refractivity contribution in [3.05, 3.63) is 82.9 Å². The van der Waals surface area contributed by atoms with Gasteiger partial charge in [0.05, 0.1) is 23.5 Å². The van der Waals surface area contributed by atoms with Gasteiger partial charge in [0, 0.05) is 10.6 Å². The van der Waals surface area contributed by atoms with E-state index in [0.717, 1.165) is 26.5 Å². The van der Waals surface area contributed by atoms with Crippen molar-refractivity contribution >= 4 is 44.5 Å². The molecule has 29 heavy (non-hydrogen) atoms. The minimum Gasteiger partial charge on any atom is -0.493 e. The fourth-order valence-corrected chi connectivity index (χ4v) is 3.70. The van der Waals surface area contributed by atoms with Gasteiger partial charge in [0.15, 0.2) is 11.5 Å². The SMILES string of the molecule is COc1cccc(/C=N/Nc2nc3ccccc3s2)c1OCc1ccc(Cl)cc1. The highest BCUT2D eigenvalue weighted by atomic mass is 35.5. The summed E-state index contributed by atoms with van der Waals surface area (Å²) in [6, 6.07) is 21.2. The molecule has 3 aromatic carbocycles. The van der Waals surface area contributed by atoms with Gasteiger partial charge in [-0.2, -0.15) is 5.10 Å². The standard InChI is InChI=1S/C22H18ClN3O2S/c1-27-19-7-4-5-16(21(19)28-14-15-9-11-17(23)12-10-15)13-24-26-22-25-18-6-2-3-8-20(18)29-22/h2-13H,14H2,1H3,(H,25,26)/b24-13+. The monoisotopic (exact) mass is 423 g/mol. The molecule has 0 saturated heterocycles. The van der Waals surface area contributed by atoms with Crippen LogP contribution in [0.1, 0.15) is 11.1 Å². The maximum absolute atomic E-state index is 6.04. The molecule has 1 heterocycles. The van der Waals surface area contributed by atoms with Crippen LogP contribution in [0.4, 0.5) is 5.13 Å². The van der Waals surface area contributed by atoms with Crippen LogP contribution < -0.4 is 14.9 Å². The third-order valence-electron chi connectivity index (χ3n) is 4.18. The van der Waals surface area contributed by atoms with Gasteiger partial charge in [0.2, 0.25) is 5.13 Å². The Morgan fingerprint density at radius 3 is 2.69 bits per heavy atom. The topological polar surface area (TPSA) is 55.7 Å². The van der Waals surface area contributed by atoms with Gasteiger partial charge < -0.3 is 9.47 Å². The number of para-hydroxylation sites is 2. The van der Waals surface area contributed by atoms with Crippen LogP contribution in [0, 0.1) is 0 Å². The number of hydrogen-bond acceptors (Lipinski definition) is 6. The summed E-state index contributed by atoms with van der Waals surface area (Å²) in [6.45, 7) is 0.393. The fraction of sp³-hybridized carbons (Fsp3) is 0.0909. The second-order valence-corrected chi connectivity index (χ2v) is 7.62. The first-order valence-electron chi connectivity index (χ1n) is 8.92. The van der Waals surface area contributed by atoms with E-state index < -0.39 is 0 Å². The number of halogens is 1. The molecule has 0 spiro atoms. The van der Waals surface area contributed by atoms with Gasteiger partial charge in [-0.1, -0.05) is 53.3 Å². The lowest BCUT2D eigenvalue weighted by molar-refractivity contribution is 0.284. The van der Waals surface area contributed by atoms with Gasteiger partial charge in [-0.25, -0.2) is 4.98 Å². The van der Waals surface area contributed by atoms with Gasteiger partial charge in [-0.15, -0.1) is 0 Å². The Bertz CT molecular complexity index is 1110. The van der Waals surface area contributed by atoms with Gasteiger partial charge in [-0.05, 0) is 42.0 Å². The Balaban J connectivity index is 1.51. The molecule has 0 unspecified atom stereocenters. The summed E-state index contributed by atoms with van der Waals surface area (Å²) in [5, 5.41) is 5.75. The highest BCUT2D eigenvalue weighted by molar-refractivity contribution is 7.22. The Morgan fingerprint density at radius 1 is 1.07 bits per heavy atom. The van der Waals surface area contributed by atoms with E-state index in [1.54, 1.807) is 24.7 Å². The number of fused-ring (bicyclic) bond motifs is 1. The van der Waals surface area contributed by atoms with E-state index in [1.165, 1.54) is 0 Å². The van der Waals surface area contributed by atoms with Crippen LogP contribution in [-0.4, -0.2) is 18.3 Å². The number of rotatable bonds is 7. The van der Waals surface area contributed by atoms with Crippen molar-refractivity contribution < 1.29 is 9.47 Å². The van der Waals surface area contributed by atoms with Crippen molar-refractivity contribution in [1.82, 2.24) is 4.98 Å². The number of anilines is 1. The van der Waals surface area contributed by atoms with E-state index in [4.69, 9.17) is 21.1 Å². The lowest BCUT2D eigenvalue weighted by atomic mass is 10.2. The van der Waals surface area contributed by atoms with Crippen LogP contribution >= 0.6 is 22.9 Å². The highest BCUT2D eigenvalue weighted by Gasteiger charge is 2.10. The molecule has 0 amide bonds. The largest absolute Gasteiger partial charge is 0.493 e. The number of nitrogens with one attached hydrogen (secondary N) is 1. The number of hydrazone groups is 1. The fourth-order valence-electron chi connectivity index (χ4n) is 2.76. The van der Waals surface area contributed by atoms with E-state index in [-0.39, 0.29) is 0 Å². The van der Waals surface area contributed by atoms with E-state index in [1.807, 2.05) is 66.7 Å². The summed E-state index contributed by atoms with van der Waals surface area (Å²) in [7, 11) is 1.62. The smallest absolute Gasteiger partial charge is 0.204 e. The minimum absolute atomic E-state index is 0.393. The third kappa shape index (κ3) is 4.67. The molecule has 0 aliphatic rings. The van der Waals surface area contributed by atoms with Gasteiger partial charge in [-0.3, -0.25) is 5.43 Å². The van der Waals surface area contributed by atoms with Gasteiger partial charge in [0.1, 0.15) is 6.61 Å². The third-order valence-corrected chi connectivity index (χ3v) is 5.38. The van der Waals surface area contributed by atoms with Crippen LogP contribution in [0.15, 0.2) is 71.8 Å². The van der Waals surface area contributed by atoms with Crippen LogP contribution in [0.3, 0.4) is 0 Å². The van der Waals surface area contributed by atoms with Crippen molar-refractivity contribution in [1.29, 1.82) is 0 Å². The zero-order valence-electron chi connectivity index (χ0n) is 15.6. The second-order valence-electron chi connectivity index (χ2n) is 6.15. The van der Waals surface area contributed by atoms with E-state index in [9.17, 15) is 0 Å². The number of ether oxygens (including phenoxy) is 2. The first-order valence-corrected chi connectivity index (χ1v) is 10.1. The quantitative estimate of drug-likeness (QED) is 0.293. The summed E-state index contributed by atoms with van der Waals surface area (Å²) in [5.41, 5.74) is 5.75. The molecule has 4 aromatic rings. The van der Waals surface area contributed by atoms with Crippen LogP contribution in [0.2, 0.25) is 5.02 Å². The minimum atomic E-state index is 0.393. The predicted molar refractivity (Wildman–Crippen MR) is 120 cm³/mol. The van der Waals surface area contributed by atoms with E-state index in [2.05, 4.69) is 15.5 Å². The van der Waals surface area contributed by atoms with Crippen molar-refractivity contribution in [2.45, 2.75) is 6.61 Å². The molecule has 1 N–H and O–H groups in total. The average molecular weight is 424 g/mol. The molecule has 0 aliphatic carbocycles. The van der Waals surface area contributed by atoms with Crippen LogP contribution in [0.5, 0.6) is 11.5 Å². The molecule has 146 valence electrons. The highest BCUT2D eigenvalue weighted by Crippen LogP contribution is 2.31. The van der Waals surface area contributed by atoms with E-state index >= 15 is 0 Å². The maximum atomic E-state index is 6.04. The molecule has 0 saturated carbocycles. The van der Waals surface area contributed by atoms with Crippen molar-refractivity contribution in [2.75, 3.05) is 12.5 Å². The van der Waals surface area contributed by atoms with E-state index in [0.29, 0.717) is 23.1 Å². The molecule has 0 atom stereocenters. The molecule has 0 radical (unpaired) electrons. The number of thiazole rings is 1. The van der Waals surface area contributed by atoms with Crippen molar-refractivity contribution in [3.8, 4) is 11.5 Å². The predicted octanol–water partition coefficient (Wildman–Crippen LogP) is 5.98. The summed E-state index contributed by atoms with van der Waals surface area (Å²) in [5.74, 6) is 1.27.